The third-order valence-electron chi connectivity index (χ3n) is 2.96. The molecular weight excluding hydrogens is 242 g/mol. The van der Waals surface area contributed by atoms with Crippen molar-refractivity contribution in [3.05, 3.63) is 48.0 Å². The van der Waals surface area contributed by atoms with Gasteiger partial charge in [-0.25, -0.2) is 4.63 Å². The van der Waals surface area contributed by atoms with E-state index in [0.717, 1.165) is 28.2 Å². The van der Waals surface area contributed by atoms with Crippen molar-refractivity contribution < 1.29 is 4.63 Å². The molecule has 0 saturated heterocycles. The summed E-state index contributed by atoms with van der Waals surface area (Å²) in [6, 6.07) is 7.71. The molecule has 19 heavy (non-hydrogen) atoms. The number of hydrogen-bond donors (Lipinski definition) is 1. The third kappa shape index (κ3) is 2.20. The molecule has 6 nitrogen and oxygen atoms in total. The van der Waals surface area contributed by atoms with E-state index >= 15 is 0 Å². The zero-order valence-electron chi connectivity index (χ0n) is 10.4. The van der Waals surface area contributed by atoms with Crippen LogP contribution in [0.3, 0.4) is 0 Å². The van der Waals surface area contributed by atoms with Crippen molar-refractivity contribution in [2.75, 3.05) is 5.73 Å². The highest BCUT2D eigenvalue weighted by Gasteiger charge is 2.09. The van der Waals surface area contributed by atoms with Crippen LogP contribution in [0.1, 0.15) is 11.4 Å². The molecule has 0 saturated carbocycles. The minimum absolute atomic E-state index is 0.530. The van der Waals surface area contributed by atoms with Crippen LogP contribution in [-0.4, -0.2) is 20.1 Å². The number of anilines is 1. The Hall–Kier alpha value is -2.63. The number of nitrogens with two attached hydrogens (primary N) is 1. The average molecular weight is 255 g/mol. The van der Waals surface area contributed by atoms with Gasteiger partial charge in [0.05, 0.1) is 12.7 Å². The summed E-state index contributed by atoms with van der Waals surface area (Å²) in [6.45, 7) is 2.38. The molecule has 6 heteroatoms. The first kappa shape index (κ1) is 11.5. The Kier molecular flexibility index (Phi) is 2.75. The summed E-state index contributed by atoms with van der Waals surface area (Å²) in [5, 5.41) is 11.9. The highest BCUT2D eigenvalue weighted by molar-refractivity contribution is 5.75. The van der Waals surface area contributed by atoms with Gasteiger partial charge >= 0.3 is 0 Å². The van der Waals surface area contributed by atoms with E-state index in [1.807, 2.05) is 37.4 Å². The van der Waals surface area contributed by atoms with Crippen LogP contribution < -0.4 is 5.73 Å². The van der Waals surface area contributed by atoms with Crippen LogP contribution in [-0.2, 0) is 6.54 Å². The van der Waals surface area contributed by atoms with Crippen LogP contribution in [0, 0.1) is 6.92 Å². The van der Waals surface area contributed by atoms with Crippen molar-refractivity contribution in [3.8, 4) is 11.1 Å². The molecule has 0 aliphatic carbocycles. The largest absolute Gasteiger partial charge is 0.398 e. The molecule has 0 unspecified atom stereocenters. The molecule has 2 N–H and O–H groups in total. The molecular formula is C13H13N5O. The summed E-state index contributed by atoms with van der Waals surface area (Å²) in [5.74, 6) is 0. The number of rotatable bonds is 3. The van der Waals surface area contributed by atoms with Gasteiger partial charge in [-0.3, -0.25) is 4.68 Å². The summed E-state index contributed by atoms with van der Waals surface area (Å²) < 4.78 is 6.45. The zero-order chi connectivity index (χ0) is 13.2. The predicted molar refractivity (Wildman–Crippen MR) is 70.2 cm³/mol. The fraction of sp³-hybridized carbons (Fsp3) is 0.154. The first-order chi connectivity index (χ1) is 9.24. The second-order valence-electron chi connectivity index (χ2n) is 4.31. The third-order valence-corrected chi connectivity index (χ3v) is 2.96. The Morgan fingerprint density at radius 1 is 1.26 bits per heavy atom. The lowest BCUT2D eigenvalue weighted by atomic mass is 10.1. The van der Waals surface area contributed by atoms with Gasteiger partial charge in [0.1, 0.15) is 11.4 Å². The van der Waals surface area contributed by atoms with Gasteiger partial charge in [0, 0.05) is 23.0 Å². The first-order valence-corrected chi connectivity index (χ1v) is 5.89. The Labute approximate surface area is 109 Å². The first-order valence-electron chi connectivity index (χ1n) is 5.89. The minimum Gasteiger partial charge on any atom is -0.398 e. The van der Waals surface area contributed by atoms with Crippen molar-refractivity contribution in [1.82, 2.24) is 20.1 Å². The minimum atomic E-state index is 0.530. The average Bonchev–Trinajstić information content (AvgIpc) is 3.01. The number of nitrogen functional groups attached to an aromatic ring is 1. The summed E-state index contributed by atoms with van der Waals surface area (Å²) in [7, 11) is 0. The summed E-state index contributed by atoms with van der Waals surface area (Å²) in [6.07, 6.45) is 3.72. The Balaban J connectivity index is 1.88. The van der Waals surface area contributed by atoms with Crippen molar-refractivity contribution in [3.63, 3.8) is 0 Å². The van der Waals surface area contributed by atoms with Gasteiger partial charge < -0.3 is 5.73 Å². The van der Waals surface area contributed by atoms with Gasteiger partial charge in [0.25, 0.3) is 0 Å². The van der Waals surface area contributed by atoms with Crippen LogP contribution in [0.5, 0.6) is 0 Å². The highest BCUT2D eigenvalue weighted by Crippen LogP contribution is 2.24. The van der Waals surface area contributed by atoms with E-state index in [1.54, 1.807) is 10.9 Å². The second-order valence-corrected chi connectivity index (χ2v) is 4.31. The molecule has 0 aliphatic heterocycles. The van der Waals surface area contributed by atoms with Crippen molar-refractivity contribution >= 4 is 5.69 Å². The molecule has 0 atom stereocenters. The lowest BCUT2D eigenvalue weighted by Crippen LogP contribution is -2.01. The van der Waals surface area contributed by atoms with Gasteiger partial charge in [-0.15, -0.1) is 0 Å². The molecule has 96 valence electrons. The Morgan fingerprint density at radius 3 is 2.84 bits per heavy atom. The molecule has 2 aromatic heterocycles. The van der Waals surface area contributed by atoms with E-state index < -0.39 is 0 Å². The molecule has 0 radical (unpaired) electrons. The fourth-order valence-corrected chi connectivity index (χ4v) is 1.90. The number of aryl methyl sites for hydroxylation is 1. The Bertz CT molecular complexity index is 700. The highest BCUT2D eigenvalue weighted by atomic mass is 16.6. The second kappa shape index (κ2) is 4.56. The van der Waals surface area contributed by atoms with Crippen molar-refractivity contribution in [2.45, 2.75) is 13.5 Å². The quantitative estimate of drug-likeness (QED) is 0.722. The van der Waals surface area contributed by atoms with Gasteiger partial charge in [0.2, 0.25) is 0 Å². The van der Waals surface area contributed by atoms with E-state index in [9.17, 15) is 0 Å². The summed E-state index contributed by atoms with van der Waals surface area (Å²) in [5.41, 5.74) is 10.2. The number of benzene rings is 1. The molecule has 3 rings (SSSR count). The smallest absolute Gasteiger partial charge is 0.129 e. The molecule has 0 spiro atoms. The lowest BCUT2D eigenvalue weighted by Gasteiger charge is -2.01. The molecule has 0 fully saturated rings. The number of hydrogen-bond acceptors (Lipinski definition) is 5. The number of aromatic nitrogens is 4. The molecule has 3 aromatic rings. The maximum Gasteiger partial charge on any atom is 0.129 e. The van der Waals surface area contributed by atoms with Crippen LogP contribution in [0.4, 0.5) is 5.69 Å². The van der Waals surface area contributed by atoms with Gasteiger partial charge in [-0.1, -0.05) is 28.5 Å². The lowest BCUT2D eigenvalue weighted by molar-refractivity contribution is 0.300. The van der Waals surface area contributed by atoms with E-state index in [0.29, 0.717) is 6.54 Å². The Morgan fingerprint density at radius 2 is 2.11 bits per heavy atom. The standard InChI is InChI=1S/C13H13N5O/c1-9-13(17-19-16-9)8-18-7-10(6-15-18)11-4-2-3-5-12(11)14/h2-7H,8,14H2,1H3. The van der Waals surface area contributed by atoms with E-state index in [2.05, 4.69) is 20.0 Å². The SMILES string of the molecule is Cc1nonc1Cn1cc(-c2ccccc2N)cn1. The molecule has 0 amide bonds. The summed E-state index contributed by atoms with van der Waals surface area (Å²) >= 11 is 0. The summed E-state index contributed by atoms with van der Waals surface area (Å²) in [4.78, 5) is 0. The van der Waals surface area contributed by atoms with Crippen molar-refractivity contribution in [1.29, 1.82) is 0 Å². The van der Waals surface area contributed by atoms with Crippen LogP contribution >= 0.6 is 0 Å². The van der Waals surface area contributed by atoms with Crippen LogP contribution in [0.2, 0.25) is 0 Å². The van der Waals surface area contributed by atoms with E-state index in [4.69, 9.17) is 5.73 Å². The maximum atomic E-state index is 5.95. The van der Waals surface area contributed by atoms with Crippen molar-refractivity contribution in [2.24, 2.45) is 0 Å². The fourth-order valence-electron chi connectivity index (χ4n) is 1.90. The molecule has 0 bridgehead atoms. The number of para-hydroxylation sites is 1. The number of nitrogens with zero attached hydrogens (tertiary/aromatic N) is 4. The normalized spacial score (nSPS) is 10.8. The molecule has 1 aromatic carbocycles. The van der Waals surface area contributed by atoms with Crippen LogP contribution in [0.15, 0.2) is 41.3 Å². The predicted octanol–water partition coefficient (Wildman–Crippen LogP) is 1.87. The van der Waals surface area contributed by atoms with Gasteiger partial charge in [-0.2, -0.15) is 5.10 Å². The molecule has 2 heterocycles. The van der Waals surface area contributed by atoms with Gasteiger partial charge in [0.15, 0.2) is 0 Å². The monoisotopic (exact) mass is 255 g/mol. The van der Waals surface area contributed by atoms with Crippen LogP contribution in [0.25, 0.3) is 11.1 Å². The van der Waals surface area contributed by atoms with Gasteiger partial charge in [-0.05, 0) is 13.0 Å². The zero-order valence-corrected chi connectivity index (χ0v) is 10.4. The topological polar surface area (TPSA) is 82.8 Å². The van der Waals surface area contributed by atoms with E-state index in [1.165, 1.54) is 0 Å². The maximum absolute atomic E-state index is 5.95. The van der Waals surface area contributed by atoms with E-state index in [-0.39, 0.29) is 0 Å². The molecule has 0 aliphatic rings.